The van der Waals surface area contributed by atoms with Gasteiger partial charge in [-0.05, 0) is 30.7 Å². The molecule has 0 spiro atoms. The monoisotopic (exact) mass is 284 g/mol. The van der Waals surface area contributed by atoms with Gasteiger partial charge in [0.15, 0.2) is 0 Å². The normalized spacial score (nSPS) is 11.0. The minimum Gasteiger partial charge on any atom is -0.480 e. The van der Waals surface area contributed by atoms with E-state index in [1.807, 2.05) is 0 Å². The number of hydrogen-bond donors (Lipinski definition) is 1. The predicted molar refractivity (Wildman–Crippen MR) is 67.1 cm³/mol. The highest BCUT2D eigenvalue weighted by molar-refractivity contribution is 5.85. The Morgan fingerprint density at radius 1 is 1.45 bits per heavy atom. The van der Waals surface area contributed by atoms with Crippen molar-refractivity contribution in [1.29, 1.82) is 0 Å². The van der Waals surface area contributed by atoms with Crippen LogP contribution in [0.15, 0.2) is 24.3 Å². The summed E-state index contributed by atoms with van der Waals surface area (Å²) in [6.07, 6.45) is -2.76. The lowest BCUT2D eigenvalue weighted by atomic mass is 10.1. The molecule has 0 atom stereocenters. The molecule has 6 heteroatoms. The fourth-order valence-electron chi connectivity index (χ4n) is 1.35. The molecule has 0 aromatic heterocycles. The predicted octanol–water partition coefficient (Wildman–Crippen LogP) is 3.21. The number of alkyl halides is 3. The maximum Gasteiger partial charge on any atom is 0.419 e. The van der Waals surface area contributed by atoms with Gasteiger partial charge in [0, 0.05) is 6.08 Å². The van der Waals surface area contributed by atoms with Gasteiger partial charge in [-0.15, -0.1) is 5.92 Å². The van der Waals surface area contributed by atoms with E-state index >= 15 is 0 Å². The van der Waals surface area contributed by atoms with Crippen molar-refractivity contribution in [3.8, 4) is 17.6 Å². The summed E-state index contributed by atoms with van der Waals surface area (Å²) in [5.74, 6) is 3.43. The van der Waals surface area contributed by atoms with E-state index in [-0.39, 0.29) is 17.9 Å². The van der Waals surface area contributed by atoms with E-state index in [9.17, 15) is 18.0 Å². The Labute approximate surface area is 113 Å². The number of hydrogen-bond acceptors (Lipinski definition) is 2. The summed E-state index contributed by atoms with van der Waals surface area (Å²) in [7, 11) is 0. The zero-order valence-electron chi connectivity index (χ0n) is 10.5. The van der Waals surface area contributed by atoms with E-state index in [4.69, 9.17) is 9.84 Å². The zero-order valence-corrected chi connectivity index (χ0v) is 10.5. The molecule has 0 amide bonds. The van der Waals surface area contributed by atoms with Crippen LogP contribution < -0.4 is 4.74 Å². The van der Waals surface area contributed by atoms with Crippen molar-refractivity contribution in [2.75, 3.05) is 6.61 Å². The third kappa shape index (κ3) is 4.69. The van der Waals surface area contributed by atoms with Crippen LogP contribution in [0.5, 0.6) is 5.75 Å². The molecule has 1 aromatic carbocycles. The Balaban J connectivity index is 3.12. The lowest BCUT2D eigenvalue weighted by molar-refractivity contribution is -0.139. The Morgan fingerprint density at radius 2 is 2.15 bits per heavy atom. The van der Waals surface area contributed by atoms with Crippen LogP contribution in [0.3, 0.4) is 0 Å². The average Bonchev–Trinajstić information content (AvgIpc) is 2.36. The molecule has 1 N–H and O–H groups in total. The Hall–Kier alpha value is -2.42. The molecule has 0 bridgehead atoms. The molecular weight excluding hydrogens is 273 g/mol. The number of carboxylic acids is 1. The van der Waals surface area contributed by atoms with Crippen LogP contribution in [-0.2, 0) is 11.0 Å². The molecule has 0 saturated heterocycles. The van der Waals surface area contributed by atoms with Gasteiger partial charge in [0.05, 0.1) is 5.56 Å². The highest BCUT2D eigenvalue weighted by Crippen LogP contribution is 2.37. The van der Waals surface area contributed by atoms with Crippen molar-refractivity contribution in [1.82, 2.24) is 0 Å². The second-order valence-electron chi connectivity index (χ2n) is 3.64. The van der Waals surface area contributed by atoms with Crippen LogP contribution >= 0.6 is 0 Å². The summed E-state index contributed by atoms with van der Waals surface area (Å²) in [5, 5.41) is 8.45. The lowest BCUT2D eigenvalue weighted by Crippen LogP contribution is -2.09. The van der Waals surface area contributed by atoms with Gasteiger partial charge in [0.25, 0.3) is 0 Å². The van der Waals surface area contributed by atoms with E-state index in [0.717, 1.165) is 24.3 Å². The fourth-order valence-corrected chi connectivity index (χ4v) is 1.35. The van der Waals surface area contributed by atoms with E-state index in [1.54, 1.807) is 6.92 Å². The Kier molecular flexibility index (Phi) is 5.21. The van der Waals surface area contributed by atoms with Crippen LogP contribution in [0, 0.1) is 11.8 Å². The average molecular weight is 284 g/mol. The second kappa shape index (κ2) is 6.66. The van der Waals surface area contributed by atoms with Crippen LogP contribution in [0.1, 0.15) is 18.1 Å². The molecule has 0 fully saturated rings. The van der Waals surface area contributed by atoms with Gasteiger partial charge in [0.2, 0.25) is 0 Å². The third-order valence-electron chi connectivity index (χ3n) is 2.20. The van der Waals surface area contributed by atoms with Crippen LogP contribution in [0.25, 0.3) is 6.08 Å². The maximum atomic E-state index is 12.9. The summed E-state index contributed by atoms with van der Waals surface area (Å²) in [4.78, 5) is 10.3. The van der Waals surface area contributed by atoms with Gasteiger partial charge in [-0.25, -0.2) is 4.79 Å². The van der Waals surface area contributed by atoms with Crippen molar-refractivity contribution in [2.24, 2.45) is 0 Å². The summed E-state index contributed by atoms with van der Waals surface area (Å²) in [5.41, 5.74) is -0.850. The summed E-state index contributed by atoms with van der Waals surface area (Å²) >= 11 is 0. The topological polar surface area (TPSA) is 46.5 Å². The maximum absolute atomic E-state index is 12.9. The van der Waals surface area contributed by atoms with Crippen molar-refractivity contribution in [3.05, 3.63) is 35.4 Å². The molecule has 0 heterocycles. The minimum atomic E-state index is -4.60. The third-order valence-corrected chi connectivity index (χ3v) is 2.20. The number of carboxylic acid groups (broad SMARTS) is 1. The highest BCUT2D eigenvalue weighted by Gasteiger charge is 2.34. The largest absolute Gasteiger partial charge is 0.480 e. The van der Waals surface area contributed by atoms with E-state index in [1.165, 1.54) is 6.07 Å². The van der Waals surface area contributed by atoms with Gasteiger partial charge in [-0.2, -0.15) is 13.2 Å². The molecule has 1 aromatic rings. The first-order valence-electron chi connectivity index (χ1n) is 5.49. The summed E-state index contributed by atoms with van der Waals surface area (Å²) in [6.45, 7) is 1.40. The van der Waals surface area contributed by atoms with Gasteiger partial charge in [0.1, 0.15) is 12.4 Å². The number of carbonyl (C=O) groups is 1. The number of rotatable bonds is 4. The molecule has 0 aliphatic rings. The molecule has 0 unspecified atom stereocenters. The van der Waals surface area contributed by atoms with E-state index < -0.39 is 17.7 Å². The van der Waals surface area contributed by atoms with Crippen molar-refractivity contribution < 1.29 is 27.8 Å². The first kappa shape index (κ1) is 15.6. The number of benzene rings is 1. The first-order chi connectivity index (χ1) is 9.34. The standard InChI is InChI=1S/C14H11F3O3/c1-2-3-8-20-12-6-4-10(5-7-13(18)19)9-11(12)14(15,16)17/h4-7,9H,8H2,1H3,(H,18,19). The molecular formula is C14H11F3O3. The highest BCUT2D eigenvalue weighted by atomic mass is 19.4. The number of ether oxygens (including phenoxy) is 1. The molecule has 20 heavy (non-hydrogen) atoms. The molecule has 106 valence electrons. The Morgan fingerprint density at radius 3 is 2.70 bits per heavy atom. The van der Waals surface area contributed by atoms with Gasteiger partial charge in [-0.1, -0.05) is 12.0 Å². The number of aliphatic carboxylic acids is 1. The minimum absolute atomic E-state index is 0.119. The quantitative estimate of drug-likeness (QED) is 0.682. The Bertz CT molecular complexity index is 578. The summed E-state index contributed by atoms with van der Waals surface area (Å²) in [6, 6.07) is 3.30. The molecule has 0 aliphatic heterocycles. The van der Waals surface area contributed by atoms with Crippen LogP contribution in [0.4, 0.5) is 13.2 Å². The smallest absolute Gasteiger partial charge is 0.419 e. The SMILES string of the molecule is CC#CCOc1ccc(C=CC(=O)O)cc1C(F)(F)F. The van der Waals surface area contributed by atoms with Crippen molar-refractivity contribution in [3.63, 3.8) is 0 Å². The molecule has 0 radical (unpaired) electrons. The summed E-state index contributed by atoms with van der Waals surface area (Å²) < 4.78 is 43.6. The van der Waals surface area contributed by atoms with Gasteiger partial charge in [-0.3, -0.25) is 0 Å². The second-order valence-corrected chi connectivity index (χ2v) is 3.64. The van der Waals surface area contributed by atoms with Crippen LogP contribution in [-0.4, -0.2) is 17.7 Å². The van der Waals surface area contributed by atoms with Crippen molar-refractivity contribution >= 4 is 12.0 Å². The van der Waals surface area contributed by atoms with Crippen molar-refractivity contribution in [2.45, 2.75) is 13.1 Å². The van der Waals surface area contributed by atoms with Gasteiger partial charge >= 0.3 is 12.1 Å². The van der Waals surface area contributed by atoms with Gasteiger partial charge < -0.3 is 9.84 Å². The van der Waals surface area contributed by atoms with E-state index in [0.29, 0.717) is 0 Å². The molecule has 0 aliphatic carbocycles. The van der Waals surface area contributed by atoms with E-state index in [2.05, 4.69) is 11.8 Å². The fraction of sp³-hybridized carbons (Fsp3) is 0.214. The molecule has 0 saturated carbocycles. The molecule has 3 nitrogen and oxygen atoms in total. The first-order valence-corrected chi connectivity index (χ1v) is 5.49. The molecule has 1 rings (SSSR count). The zero-order chi connectivity index (χ0) is 15.2. The van der Waals surface area contributed by atoms with Crippen LogP contribution in [0.2, 0.25) is 0 Å². The lowest BCUT2D eigenvalue weighted by Gasteiger charge is -2.13. The number of halogens is 3.